The number of ether oxygens (including phenoxy) is 1. The van der Waals surface area contributed by atoms with Gasteiger partial charge in [0.25, 0.3) is 0 Å². The fraction of sp³-hybridized carbons (Fsp3) is 0.182. The Kier molecular flexibility index (Phi) is 4.66. The van der Waals surface area contributed by atoms with Crippen LogP contribution in [0.5, 0.6) is 0 Å². The minimum atomic E-state index is -0.798. The fourth-order valence-corrected chi connectivity index (χ4v) is 1.56. The van der Waals surface area contributed by atoms with Crippen molar-refractivity contribution in [3.8, 4) is 0 Å². The van der Waals surface area contributed by atoms with Crippen LogP contribution in [0.25, 0.3) is 0 Å². The molecule has 0 aliphatic rings. The molecule has 6 heteroatoms. The molecule has 0 heterocycles. The standard InChI is InChI=1S/C11H9Cl2NO3/c1-6(11(16)17-7(2)15)14-10-4-8(12)3-9(13)5-10/h3-5H,1-2H3. The molecule has 0 spiro atoms. The number of carbonyl (C=O) groups is 2. The summed E-state index contributed by atoms with van der Waals surface area (Å²) in [5.41, 5.74) is 0.457. The average molecular weight is 274 g/mol. The van der Waals surface area contributed by atoms with Crippen molar-refractivity contribution in [1.82, 2.24) is 0 Å². The average Bonchev–Trinajstić information content (AvgIpc) is 2.14. The Bertz CT molecular complexity index is 477. The first-order valence-corrected chi connectivity index (χ1v) is 5.38. The lowest BCUT2D eigenvalue weighted by atomic mass is 10.3. The highest BCUT2D eigenvalue weighted by Gasteiger charge is 2.10. The monoisotopic (exact) mass is 273 g/mol. The van der Waals surface area contributed by atoms with Gasteiger partial charge in [0.15, 0.2) is 0 Å². The van der Waals surface area contributed by atoms with Crippen molar-refractivity contribution in [2.75, 3.05) is 0 Å². The normalized spacial score (nSPS) is 11.2. The first-order valence-electron chi connectivity index (χ1n) is 4.62. The second kappa shape index (κ2) is 5.80. The van der Waals surface area contributed by atoms with Gasteiger partial charge in [0.1, 0.15) is 5.71 Å². The van der Waals surface area contributed by atoms with Gasteiger partial charge in [0.05, 0.1) is 5.69 Å². The minimum absolute atomic E-state index is 0.0403. The molecule has 0 radical (unpaired) electrons. The Morgan fingerprint density at radius 1 is 1.12 bits per heavy atom. The van der Waals surface area contributed by atoms with Gasteiger partial charge in [-0.2, -0.15) is 0 Å². The summed E-state index contributed by atoms with van der Waals surface area (Å²) in [5, 5.41) is 0.813. The molecule has 0 atom stereocenters. The lowest BCUT2D eigenvalue weighted by Crippen LogP contribution is -2.16. The lowest BCUT2D eigenvalue weighted by molar-refractivity contribution is -0.153. The van der Waals surface area contributed by atoms with E-state index in [1.807, 2.05) is 0 Å². The van der Waals surface area contributed by atoms with Crippen molar-refractivity contribution in [3.63, 3.8) is 0 Å². The molecule has 17 heavy (non-hydrogen) atoms. The van der Waals surface area contributed by atoms with Gasteiger partial charge >= 0.3 is 11.9 Å². The summed E-state index contributed by atoms with van der Waals surface area (Å²) in [7, 11) is 0. The first kappa shape index (κ1) is 13.7. The quantitative estimate of drug-likeness (QED) is 0.473. The fourth-order valence-electron chi connectivity index (χ4n) is 1.05. The van der Waals surface area contributed by atoms with E-state index in [0.29, 0.717) is 15.7 Å². The maximum absolute atomic E-state index is 11.3. The van der Waals surface area contributed by atoms with Crippen molar-refractivity contribution in [3.05, 3.63) is 28.2 Å². The van der Waals surface area contributed by atoms with Crippen LogP contribution in [0.2, 0.25) is 10.0 Å². The van der Waals surface area contributed by atoms with E-state index in [1.54, 1.807) is 6.07 Å². The number of hydrogen-bond acceptors (Lipinski definition) is 4. The zero-order chi connectivity index (χ0) is 13.0. The second-order valence-corrected chi connectivity index (χ2v) is 4.08. The van der Waals surface area contributed by atoms with Crippen molar-refractivity contribution < 1.29 is 14.3 Å². The van der Waals surface area contributed by atoms with Crippen LogP contribution in [-0.4, -0.2) is 17.7 Å². The first-order chi connectivity index (χ1) is 7.88. The molecule has 0 N–H and O–H groups in total. The summed E-state index contributed by atoms with van der Waals surface area (Å²) >= 11 is 11.5. The molecule has 1 aromatic rings. The predicted octanol–water partition coefficient (Wildman–Crippen LogP) is 3.18. The van der Waals surface area contributed by atoms with Gasteiger partial charge in [-0.1, -0.05) is 23.2 Å². The molecule has 0 aliphatic heterocycles. The highest BCUT2D eigenvalue weighted by Crippen LogP contribution is 2.24. The van der Waals surface area contributed by atoms with Crippen molar-refractivity contribution in [2.24, 2.45) is 4.99 Å². The molecular formula is C11H9Cl2NO3. The Hall–Kier alpha value is -1.39. The molecule has 4 nitrogen and oxygen atoms in total. The van der Waals surface area contributed by atoms with Crippen LogP contribution >= 0.6 is 23.2 Å². The zero-order valence-corrected chi connectivity index (χ0v) is 10.7. The molecular weight excluding hydrogens is 265 g/mol. The Balaban J connectivity index is 2.94. The molecule has 0 saturated carbocycles. The van der Waals surface area contributed by atoms with E-state index >= 15 is 0 Å². The van der Waals surface area contributed by atoms with Crippen LogP contribution in [0.1, 0.15) is 13.8 Å². The van der Waals surface area contributed by atoms with E-state index in [-0.39, 0.29) is 5.71 Å². The number of rotatable bonds is 2. The maximum Gasteiger partial charge on any atom is 0.360 e. The minimum Gasteiger partial charge on any atom is -0.389 e. The molecule has 0 aromatic heterocycles. The molecule has 90 valence electrons. The highest BCUT2D eigenvalue weighted by atomic mass is 35.5. The molecule has 0 aliphatic carbocycles. The molecule has 1 aromatic carbocycles. The summed E-state index contributed by atoms with van der Waals surface area (Å²) < 4.78 is 4.37. The second-order valence-electron chi connectivity index (χ2n) is 3.21. The van der Waals surface area contributed by atoms with Crippen LogP contribution < -0.4 is 0 Å². The van der Waals surface area contributed by atoms with Gasteiger partial charge in [-0.15, -0.1) is 0 Å². The summed E-state index contributed by atoms with van der Waals surface area (Å²) in [5.74, 6) is -1.48. The largest absolute Gasteiger partial charge is 0.389 e. The van der Waals surface area contributed by atoms with E-state index < -0.39 is 11.9 Å². The third-order valence-electron chi connectivity index (χ3n) is 1.68. The van der Waals surface area contributed by atoms with Crippen LogP contribution in [0.15, 0.2) is 23.2 Å². The number of halogens is 2. The molecule has 0 amide bonds. The van der Waals surface area contributed by atoms with Gasteiger partial charge in [-0.05, 0) is 25.1 Å². The summed E-state index contributed by atoms with van der Waals surface area (Å²) in [6, 6.07) is 4.63. The predicted molar refractivity (Wildman–Crippen MR) is 66.0 cm³/mol. The molecule has 0 saturated heterocycles. The Labute approximate surface area is 108 Å². The number of nitrogens with zero attached hydrogens (tertiary/aromatic N) is 1. The van der Waals surface area contributed by atoms with Crippen LogP contribution in [0.3, 0.4) is 0 Å². The summed E-state index contributed by atoms with van der Waals surface area (Å²) in [6.45, 7) is 2.57. The molecule has 1 rings (SSSR count). The number of hydrogen-bond donors (Lipinski definition) is 0. The van der Waals surface area contributed by atoms with Gasteiger partial charge in [0, 0.05) is 17.0 Å². The van der Waals surface area contributed by atoms with Gasteiger partial charge in [0.2, 0.25) is 0 Å². The number of benzene rings is 1. The number of carbonyl (C=O) groups excluding carboxylic acids is 2. The van der Waals surface area contributed by atoms with E-state index in [4.69, 9.17) is 23.2 Å². The number of aliphatic imine (C=N–C) groups is 1. The molecule has 0 unspecified atom stereocenters. The third-order valence-corrected chi connectivity index (χ3v) is 2.11. The van der Waals surface area contributed by atoms with Crippen LogP contribution in [0.4, 0.5) is 5.69 Å². The van der Waals surface area contributed by atoms with Gasteiger partial charge in [-0.3, -0.25) is 4.79 Å². The van der Waals surface area contributed by atoms with E-state index in [2.05, 4.69) is 9.73 Å². The van der Waals surface area contributed by atoms with Crippen molar-refractivity contribution >= 4 is 46.5 Å². The molecule has 0 fully saturated rings. The van der Waals surface area contributed by atoms with Crippen molar-refractivity contribution in [1.29, 1.82) is 0 Å². The third kappa shape index (κ3) is 4.54. The van der Waals surface area contributed by atoms with Crippen molar-refractivity contribution in [2.45, 2.75) is 13.8 Å². The maximum atomic E-state index is 11.3. The Morgan fingerprint density at radius 3 is 2.12 bits per heavy atom. The van der Waals surface area contributed by atoms with E-state index in [1.165, 1.54) is 19.1 Å². The van der Waals surface area contributed by atoms with E-state index in [9.17, 15) is 9.59 Å². The smallest absolute Gasteiger partial charge is 0.360 e. The summed E-state index contributed by atoms with van der Waals surface area (Å²) in [6.07, 6.45) is 0. The topological polar surface area (TPSA) is 55.7 Å². The Morgan fingerprint density at radius 2 is 1.65 bits per heavy atom. The SMILES string of the molecule is CC(=O)OC(=O)C(C)=Nc1cc(Cl)cc(Cl)c1. The number of esters is 2. The zero-order valence-electron chi connectivity index (χ0n) is 9.16. The van der Waals surface area contributed by atoms with Gasteiger partial charge in [-0.25, -0.2) is 9.79 Å². The summed E-state index contributed by atoms with van der Waals surface area (Å²) in [4.78, 5) is 25.8. The molecule has 0 bridgehead atoms. The van der Waals surface area contributed by atoms with E-state index in [0.717, 1.165) is 6.92 Å². The lowest BCUT2D eigenvalue weighted by Gasteiger charge is -2.01. The van der Waals surface area contributed by atoms with Crippen LogP contribution in [-0.2, 0) is 14.3 Å². The van der Waals surface area contributed by atoms with Gasteiger partial charge < -0.3 is 4.74 Å². The van der Waals surface area contributed by atoms with Crippen LogP contribution in [0, 0.1) is 0 Å². The highest BCUT2D eigenvalue weighted by molar-refractivity contribution is 6.38.